The lowest BCUT2D eigenvalue weighted by molar-refractivity contribution is 0.174. The van der Waals surface area contributed by atoms with Crippen molar-refractivity contribution in [3.8, 4) is 28.4 Å². The van der Waals surface area contributed by atoms with Crippen LogP contribution in [0.2, 0.25) is 5.02 Å². The van der Waals surface area contributed by atoms with Gasteiger partial charge in [0.25, 0.3) is 0 Å². The van der Waals surface area contributed by atoms with Gasteiger partial charge in [-0.15, -0.1) is 0 Å². The third-order valence-corrected chi connectivity index (χ3v) is 3.13. The SMILES string of the molecule is Cn1ncc(-c2c(O)c(Cl)cc3c2OCO3)c1N. The highest BCUT2D eigenvalue weighted by Crippen LogP contribution is 2.51. The fourth-order valence-corrected chi connectivity index (χ4v) is 2.08. The summed E-state index contributed by atoms with van der Waals surface area (Å²) in [6, 6.07) is 1.51. The normalized spacial score (nSPS) is 13.0. The first-order valence-corrected chi connectivity index (χ1v) is 5.56. The summed E-state index contributed by atoms with van der Waals surface area (Å²) in [5.41, 5.74) is 6.86. The van der Waals surface area contributed by atoms with E-state index in [4.69, 9.17) is 26.8 Å². The van der Waals surface area contributed by atoms with Gasteiger partial charge in [-0.05, 0) is 0 Å². The molecule has 0 radical (unpaired) electrons. The van der Waals surface area contributed by atoms with Gasteiger partial charge in [0.2, 0.25) is 6.79 Å². The summed E-state index contributed by atoms with van der Waals surface area (Å²) in [6.07, 6.45) is 1.54. The zero-order valence-corrected chi connectivity index (χ0v) is 10.2. The van der Waals surface area contributed by atoms with Gasteiger partial charge in [-0.25, -0.2) is 0 Å². The van der Waals surface area contributed by atoms with E-state index in [2.05, 4.69) is 5.10 Å². The van der Waals surface area contributed by atoms with E-state index in [1.807, 2.05) is 0 Å². The van der Waals surface area contributed by atoms with Gasteiger partial charge in [-0.3, -0.25) is 4.68 Å². The summed E-state index contributed by atoms with van der Waals surface area (Å²) >= 11 is 5.95. The highest BCUT2D eigenvalue weighted by atomic mass is 35.5. The van der Waals surface area contributed by atoms with E-state index < -0.39 is 0 Å². The molecule has 1 aromatic heterocycles. The van der Waals surface area contributed by atoms with Crippen LogP contribution in [0.1, 0.15) is 0 Å². The fourth-order valence-electron chi connectivity index (χ4n) is 1.89. The monoisotopic (exact) mass is 267 g/mol. The number of phenols is 1. The molecule has 2 heterocycles. The van der Waals surface area contributed by atoms with Crippen LogP contribution in [0.5, 0.6) is 17.2 Å². The zero-order chi connectivity index (χ0) is 12.9. The predicted octanol–water partition coefficient (Wildman–Crippen LogP) is 1.76. The van der Waals surface area contributed by atoms with Crippen LogP contribution in [0.25, 0.3) is 11.1 Å². The van der Waals surface area contributed by atoms with Gasteiger partial charge in [0.1, 0.15) is 11.6 Å². The van der Waals surface area contributed by atoms with E-state index in [0.29, 0.717) is 28.4 Å². The number of anilines is 1. The molecule has 1 aliphatic heterocycles. The maximum absolute atomic E-state index is 10.1. The van der Waals surface area contributed by atoms with Crippen molar-refractivity contribution in [2.45, 2.75) is 0 Å². The second-order valence-corrected chi connectivity index (χ2v) is 4.29. The highest BCUT2D eigenvalue weighted by molar-refractivity contribution is 6.33. The first-order valence-electron chi connectivity index (χ1n) is 5.18. The molecule has 0 saturated carbocycles. The third-order valence-electron chi connectivity index (χ3n) is 2.84. The molecule has 1 aromatic carbocycles. The van der Waals surface area contributed by atoms with Crippen LogP contribution in [0.4, 0.5) is 5.82 Å². The van der Waals surface area contributed by atoms with Crippen molar-refractivity contribution < 1.29 is 14.6 Å². The van der Waals surface area contributed by atoms with Gasteiger partial charge < -0.3 is 20.3 Å². The second kappa shape index (κ2) is 3.71. The molecule has 0 unspecified atom stereocenters. The molecule has 94 valence electrons. The molecular formula is C11H10ClN3O3. The average molecular weight is 268 g/mol. The Bertz CT molecular complexity index is 639. The summed E-state index contributed by atoms with van der Waals surface area (Å²) in [6.45, 7) is 0.0856. The van der Waals surface area contributed by atoms with E-state index in [1.54, 1.807) is 13.2 Å². The Kier molecular flexibility index (Phi) is 2.27. The number of nitrogens with two attached hydrogens (primary N) is 1. The lowest BCUT2D eigenvalue weighted by Crippen LogP contribution is -1.98. The first-order chi connectivity index (χ1) is 8.59. The molecule has 2 aromatic rings. The maximum atomic E-state index is 10.1. The third kappa shape index (κ3) is 1.39. The molecular weight excluding hydrogens is 258 g/mol. The Hall–Kier alpha value is -2.08. The fraction of sp³-hybridized carbons (Fsp3) is 0.182. The highest BCUT2D eigenvalue weighted by Gasteiger charge is 2.27. The Morgan fingerprint density at radius 3 is 2.94 bits per heavy atom. The summed E-state index contributed by atoms with van der Waals surface area (Å²) in [7, 11) is 1.71. The van der Waals surface area contributed by atoms with Crippen LogP contribution in [-0.4, -0.2) is 21.7 Å². The van der Waals surface area contributed by atoms with Crippen molar-refractivity contribution in [3.63, 3.8) is 0 Å². The van der Waals surface area contributed by atoms with Gasteiger partial charge in [0.15, 0.2) is 11.5 Å². The number of hydrogen-bond acceptors (Lipinski definition) is 5. The summed E-state index contributed by atoms with van der Waals surface area (Å²) in [5.74, 6) is 1.22. The van der Waals surface area contributed by atoms with E-state index in [0.717, 1.165) is 0 Å². The van der Waals surface area contributed by atoms with Crippen LogP contribution in [0.15, 0.2) is 12.3 Å². The number of nitrogens with zero attached hydrogens (tertiary/aromatic N) is 2. The van der Waals surface area contributed by atoms with Crippen LogP contribution in [0, 0.1) is 0 Å². The van der Waals surface area contributed by atoms with Gasteiger partial charge >= 0.3 is 0 Å². The first kappa shape index (κ1) is 11.0. The quantitative estimate of drug-likeness (QED) is 0.823. The van der Waals surface area contributed by atoms with Gasteiger partial charge in [0, 0.05) is 13.1 Å². The summed E-state index contributed by atoms with van der Waals surface area (Å²) in [5, 5.41) is 14.3. The number of aryl methyl sites for hydroxylation is 1. The Morgan fingerprint density at radius 1 is 1.50 bits per heavy atom. The number of ether oxygens (including phenoxy) is 2. The number of benzene rings is 1. The Labute approximate surface area is 107 Å². The summed E-state index contributed by atoms with van der Waals surface area (Å²) in [4.78, 5) is 0. The second-order valence-electron chi connectivity index (χ2n) is 3.88. The predicted molar refractivity (Wildman–Crippen MR) is 65.9 cm³/mol. The Balaban J connectivity index is 2.32. The molecule has 0 atom stereocenters. The van der Waals surface area contributed by atoms with Crippen molar-refractivity contribution in [3.05, 3.63) is 17.3 Å². The van der Waals surface area contributed by atoms with E-state index in [9.17, 15) is 5.11 Å². The topological polar surface area (TPSA) is 82.5 Å². The van der Waals surface area contributed by atoms with E-state index >= 15 is 0 Å². The number of aromatic nitrogens is 2. The lowest BCUT2D eigenvalue weighted by atomic mass is 10.1. The van der Waals surface area contributed by atoms with Crippen LogP contribution in [0.3, 0.4) is 0 Å². The number of aromatic hydroxyl groups is 1. The molecule has 7 heteroatoms. The molecule has 18 heavy (non-hydrogen) atoms. The number of hydrogen-bond donors (Lipinski definition) is 2. The van der Waals surface area contributed by atoms with Crippen molar-refractivity contribution in [1.29, 1.82) is 0 Å². The van der Waals surface area contributed by atoms with E-state index in [-0.39, 0.29) is 17.6 Å². The number of fused-ring (bicyclic) bond motifs is 1. The van der Waals surface area contributed by atoms with Crippen molar-refractivity contribution >= 4 is 17.4 Å². The number of nitrogen functional groups attached to an aromatic ring is 1. The molecule has 0 fully saturated rings. The molecule has 0 amide bonds. The molecule has 1 aliphatic rings. The minimum Gasteiger partial charge on any atom is -0.506 e. The number of phenolic OH excluding ortho intramolecular Hbond substituents is 1. The molecule has 0 bridgehead atoms. The van der Waals surface area contributed by atoms with E-state index in [1.165, 1.54) is 10.7 Å². The van der Waals surface area contributed by atoms with Crippen LogP contribution in [-0.2, 0) is 7.05 Å². The molecule has 0 saturated heterocycles. The number of rotatable bonds is 1. The maximum Gasteiger partial charge on any atom is 0.231 e. The number of halogens is 1. The van der Waals surface area contributed by atoms with Gasteiger partial charge in [-0.1, -0.05) is 11.6 Å². The minimum atomic E-state index is -0.0967. The smallest absolute Gasteiger partial charge is 0.231 e. The minimum absolute atomic E-state index is 0.0856. The van der Waals surface area contributed by atoms with Crippen LogP contribution >= 0.6 is 11.6 Å². The zero-order valence-electron chi connectivity index (χ0n) is 9.48. The van der Waals surface area contributed by atoms with Gasteiger partial charge in [-0.2, -0.15) is 5.10 Å². The molecule has 3 rings (SSSR count). The lowest BCUT2D eigenvalue weighted by Gasteiger charge is -2.09. The summed E-state index contributed by atoms with van der Waals surface area (Å²) < 4.78 is 12.1. The Morgan fingerprint density at radius 2 is 2.28 bits per heavy atom. The molecule has 0 spiro atoms. The van der Waals surface area contributed by atoms with Crippen molar-refractivity contribution in [2.75, 3.05) is 12.5 Å². The van der Waals surface area contributed by atoms with Crippen molar-refractivity contribution in [2.24, 2.45) is 7.05 Å². The standard InChI is InChI=1S/C11H10ClN3O3/c1-15-11(13)5(3-14-15)8-9(16)6(12)2-7-10(8)18-4-17-7/h2-3,16H,4,13H2,1H3. The van der Waals surface area contributed by atoms with Crippen molar-refractivity contribution in [1.82, 2.24) is 9.78 Å². The molecule has 3 N–H and O–H groups in total. The molecule has 6 nitrogen and oxygen atoms in total. The van der Waals surface area contributed by atoms with Gasteiger partial charge in [0.05, 0.1) is 22.3 Å². The molecule has 0 aliphatic carbocycles. The average Bonchev–Trinajstić information content (AvgIpc) is 2.91. The largest absolute Gasteiger partial charge is 0.506 e. The van der Waals surface area contributed by atoms with Crippen LogP contribution < -0.4 is 15.2 Å².